The van der Waals surface area contributed by atoms with Crippen molar-refractivity contribution in [1.82, 2.24) is 24.3 Å². The number of hydrogen-bond donors (Lipinski definition) is 1. The van der Waals surface area contributed by atoms with E-state index in [0.717, 1.165) is 23.3 Å². The molecule has 9 nitrogen and oxygen atoms in total. The van der Waals surface area contributed by atoms with Gasteiger partial charge in [-0.05, 0) is 36.6 Å². The molecule has 4 aromatic rings. The number of nitrogens with two attached hydrogens (primary N) is 1. The van der Waals surface area contributed by atoms with E-state index >= 15 is 0 Å². The summed E-state index contributed by atoms with van der Waals surface area (Å²) in [6.07, 6.45) is 6.26. The van der Waals surface area contributed by atoms with Crippen molar-refractivity contribution in [2.24, 2.45) is 0 Å². The molecule has 4 heterocycles. The molecule has 33 heavy (non-hydrogen) atoms. The van der Waals surface area contributed by atoms with Gasteiger partial charge in [0.1, 0.15) is 22.5 Å². The van der Waals surface area contributed by atoms with Gasteiger partial charge in [0.2, 0.25) is 0 Å². The minimum atomic E-state index is -3.25. The first kappa shape index (κ1) is 20.4. The molecule has 0 saturated heterocycles. The van der Waals surface area contributed by atoms with Crippen LogP contribution in [-0.2, 0) is 9.84 Å². The molecule has 2 aliphatic rings. The largest absolute Gasteiger partial charge is 0.382 e. The van der Waals surface area contributed by atoms with Gasteiger partial charge in [0.25, 0.3) is 5.91 Å². The highest BCUT2D eigenvalue weighted by Crippen LogP contribution is 2.43. The maximum absolute atomic E-state index is 13.3. The highest BCUT2D eigenvalue weighted by atomic mass is 32.2. The summed E-state index contributed by atoms with van der Waals surface area (Å²) < 4.78 is 27.0. The summed E-state index contributed by atoms with van der Waals surface area (Å²) >= 11 is 1.57. The zero-order chi connectivity index (χ0) is 22.9. The van der Waals surface area contributed by atoms with Crippen molar-refractivity contribution in [2.45, 2.75) is 33.9 Å². The van der Waals surface area contributed by atoms with Crippen LogP contribution in [0.4, 0.5) is 5.82 Å². The number of sulfone groups is 1. The molecule has 11 heteroatoms. The topological polar surface area (TPSA) is 124 Å². The lowest BCUT2D eigenvalue weighted by molar-refractivity contribution is 0.0740. The van der Waals surface area contributed by atoms with Gasteiger partial charge < -0.3 is 10.6 Å². The Hall–Kier alpha value is -3.18. The van der Waals surface area contributed by atoms with Crippen LogP contribution < -0.4 is 5.73 Å². The average molecular weight is 481 g/mol. The average Bonchev–Trinajstić information content (AvgIpc) is 3.41. The molecular formula is C22H20N6O3S2. The van der Waals surface area contributed by atoms with Crippen LogP contribution in [0.2, 0.25) is 0 Å². The Morgan fingerprint density at radius 2 is 2.03 bits per heavy atom. The second-order valence-electron chi connectivity index (χ2n) is 8.39. The van der Waals surface area contributed by atoms with E-state index in [-0.39, 0.29) is 22.9 Å². The Morgan fingerprint density at radius 3 is 2.82 bits per heavy atom. The minimum absolute atomic E-state index is 0.175. The fraction of sp³-hybridized carbons (Fsp3) is 0.273. The number of anilines is 1. The molecule has 1 aliphatic heterocycles. The smallest absolute Gasteiger partial charge is 0.272 e. The fourth-order valence-corrected chi connectivity index (χ4v) is 7.34. The Balaban J connectivity index is 1.32. The van der Waals surface area contributed by atoms with Crippen LogP contribution in [0.15, 0.2) is 52.8 Å². The minimum Gasteiger partial charge on any atom is -0.382 e. The highest BCUT2D eigenvalue weighted by Gasteiger charge is 2.38. The SMILES string of the molecule is CN(C(=O)c1cc2c(cn1)nc(N)c1cncn12)[C@@H]1CSc2cc(S(=O)(=O)C3CC3)ccc21. The van der Waals surface area contributed by atoms with Gasteiger partial charge in [-0.3, -0.25) is 9.20 Å². The number of amides is 1. The van der Waals surface area contributed by atoms with Gasteiger partial charge in [0.05, 0.1) is 40.4 Å². The van der Waals surface area contributed by atoms with Crippen LogP contribution in [0.25, 0.3) is 16.6 Å². The number of benzene rings is 1. The van der Waals surface area contributed by atoms with E-state index in [1.165, 1.54) is 0 Å². The number of thioether (sulfide) groups is 1. The lowest BCUT2D eigenvalue weighted by Gasteiger charge is -2.24. The molecule has 2 N–H and O–H groups in total. The van der Waals surface area contributed by atoms with Crippen molar-refractivity contribution in [3.8, 4) is 0 Å². The number of nitrogens with zero attached hydrogens (tertiary/aromatic N) is 5. The van der Waals surface area contributed by atoms with E-state index < -0.39 is 9.84 Å². The molecule has 1 saturated carbocycles. The summed E-state index contributed by atoms with van der Waals surface area (Å²) in [5.41, 5.74) is 9.16. The van der Waals surface area contributed by atoms with Gasteiger partial charge in [-0.25, -0.2) is 23.4 Å². The standard InChI is InChI=1S/C22H20N6O3S2/c1-27(19-10-32-20-6-13(4-5-14(19)20)33(30,31)12-2-3-12)22(29)15-7-17-16(8-25-15)26-21(23)18-9-24-11-28(17)18/h4-9,11-12,19H,2-3,10H2,1H3,(H2,23,26)/t19-/m1/s1. The Morgan fingerprint density at radius 1 is 1.21 bits per heavy atom. The number of pyridine rings is 1. The van der Waals surface area contributed by atoms with Crippen molar-refractivity contribution in [2.75, 3.05) is 18.5 Å². The molecule has 6 rings (SSSR count). The predicted molar refractivity (Wildman–Crippen MR) is 125 cm³/mol. The molecule has 1 aromatic carbocycles. The first-order valence-corrected chi connectivity index (χ1v) is 13.0. The highest BCUT2D eigenvalue weighted by molar-refractivity contribution is 7.99. The zero-order valence-electron chi connectivity index (χ0n) is 17.7. The monoisotopic (exact) mass is 480 g/mol. The van der Waals surface area contributed by atoms with Crippen LogP contribution in [0, 0.1) is 0 Å². The summed E-state index contributed by atoms with van der Waals surface area (Å²) in [4.78, 5) is 29.1. The number of aromatic nitrogens is 4. The summed E-state index contributed by atoms with van der Waals surface area (Å²) in [7, 11) is -1.50. The molecule has 0 spiro atoms. The second kappa shape index (κ2) is 7.16. The summed E-state index contributed by atoms with van der Waals surface area (Å²) in [6, 6.07) is 6.79. The van der Waals surface area contributed by atoms with Gasteiger partial charge in [-0.2, -0.15) is 0 Å². The Kier molecular flexibility index (Phi) is 4.43. The van der Waals surface area contributed by atoms with Crippen LogP contribution in [-0.4, -0.2) is 56.6 Å². The lowest BCUT2D eigenvalue weighted by atomic mass is 10.1. The first-order chi connectivity index (χ1) is 15.8. The first-order valence-electron chi connectivity index (χ1n) is 10.5. The molecule has 1 amide bonds. The summed E-state index contributed by atoms with van der Waals surface area (Å²) in [5, 5.41) is -0.243. The normalized spacial score (nSPS) is 18.0. The number of nitrogen functional groups attached to an aromatic ring is 1. The molecule has 168 valence electrons. The molecule has 1 atom stereocenters. The van der Waals surface area contributed by atoms with Gasteiger partial charge in [-0.15, -0.1) is 11.8 Å². The Bertz CT molecular complexity index is 1560. The van der Waals surface area contributed by atoms with E-state index in [1.54, 1.807) is 65.0 Å². The second-order valence-corrected chi connectivity index (χ2v) is 11.7. The van der Waals surface area contributed by atoms with Gasteiger partial charge in [-0.1, -0.05) is 6.07 Å². The number of imidazole rings is 1. The number of carbonyl (C=O) groups excluding carboxylic acids is 1. The quantitative estimate of drug-likeness (QED) is 0.473. The van der Waals surface area contributed by atoms with Crippen LogP contribution in [0.3, 0.4) is 0 Å². The molecule has 0 unspecified atom stereocenters. The van der Waals surface area contributed by atoms with Gasteiger partial charge >= 0.3 is 0 Å². The van der Waals surface area contributed by atoms with Crippen LogP contribution >= 0.6 is 11.8 Å². The molecule has 1 fully saturated rings. The third-order valence-corrected chi connectivity index (χ3v) is 9.71. The third kappa shape index (κ3) is 3.17. The molecule has 3 aromatic heterocycles. The van der Waals surface area contributed by atoms with Gasteiger partial charge in [0, 0.05) is 17.7 Å². The molecule has 0 bridgehead atoms. The van der Waals surface area contributed by atoms with Crippen molar-refractivity contribution >= 4 is 49.9 Å². The Labute approximate surface area is 193 Å². The van der Waals surface area contributed by atoms with E-state index in [2.05, 4.69) is 15.0 Å². The summed E-state index contributed by atoms with van der Waals surface area (Å²) in [6.45, 7) is 0. The van der Waals surface area contributed by atoms with Crippen molar-refractivity contribution < 1.29 is 13.2 Å². The number of rotatable bonds is 4. The molecule has 1 aliphatic carbocycles. The molecular weight excluding hydrogens is 460 g/mol. The summed E-state index contributed by atoms with van der Waals surface area (Å²) in [5.74, 6) is 0.776. The fourth-order valence-electron chi connectivity index (χ4n) is 4.26. The van der Waals surface area contributed by atoms with E-state index in [1.807, 2.05) is 6.07 Å². The maximum atomic E-state index is 13.3. The van der Waals surface area contributed by atoms with E-state index in [4.69, 9.17) is 5.73 Å². The van der Waals surface area contributed by atoms with Crippen molar-refractivity contribution in [3.05, 3.63) is 54.2 Å². The van der Waals surface area contributed by atoms with Gasteiger partial charge in [0.15, 0.2) is 9.84 Å². The van der Waals surface area contributed by atoms with Crippen LogP contribution in [0.1, 0.15) is 34.9 Å². The van der Waals surface area contributed by atoms with E-state index in [9.17, 15) is 13.2 Å². The number of hydrogen-bond acceptors (Lipinski definition) is 8. The van der Waals surface area contributed by atoms with Crippen molar-refractivity contribution in [3.63, 3.8) is 0 Å². The number of fused-ring (bicyclic) bond motifs is 4. The van der Waals surface area contributed by atoms with E-state index in [0.29, 0.717) is 33.0 Å². The van der Waals surface area contributed by atoms with Crippen molar-refractivity contribution in [1.29, 1.82) is 0 Å². The number of carbonyl (C=O) groups is 1. The predicted octanol–water partition coefficient (Wildman–Crippen LogP) is 2.71. The third-order valence-electron chi connectivity index (χ3n) is 6.30. The molecule has 0 radical (unpaired) electrons. The lowest BCUT2D eigenvalue weighted by Crippen LogP contribution is -2.32. The van der Waals surface area contributed by atoms with Crippen LogP contribution in [0.5, 0.6) is 0 Å². The zero-order valence-corrected chi connectivity index (χ0v) is 19.3. The maximum Gasteiger partial charge on any atom is 0.272 e.